The molecule has 4 nitrogen and oxygen atoms in total. The Kier molecular flexibility index (Phi) is 2.83. The molecule has 3 heterocycles. The minimum absolute atomic E-state index is 0.253. The highest BCUT2D eigenvalue weighted by Crippen LogP contribution is 2.48. The van der Waals surface area contributed by atoms with Crippen LogP contribution in [0.4, 0.5) is 5.00 Å². The largest absolute Gasteiger partial charge is 0.462 e. The second-order valence-corrected chi connectivity index (χ2v) is 6.10. The first-order chi connectivity index (χ1) is 8.63. The van der Waals surface area contributed by atoms with Crippen LogP contribution >= 0.6 is 11.3 Å². The molecule has 1 aromatic heterocycles. The molecule has 0 radical (unpaired) electrons. The predicted octanol–water partition coefficient (Wildman–Crippen LogP) is 2.20. The van der Waals surface area contributed by atoms with Gasteiger partial charge in [0.1, 0.15) is 5.00 Å². The molecule has 0 amide bonds. The summed E-state index contributed by atoms with van der Waals surface area (Å²) in [5.74, 6) is -0.253. The molecule has 0 spiro atoms. The number of anilines is 1. The lowest BCUT2D eigenvalue weighted by Gasteiger charge is -2.31. The van der Waals surface area contributed by atoms with Crippen LogP contribution in [0.1, 0.15) is 46.6 Å². The Labute approximate surface area is 111 Å². The van der Waals surface area contributed by atoms with Crippen LogP contribution in [0.25, 0.3) is 0 Å². The van der Waals surface area contributed by atoms with E-state index in [0.29, 0.717) is 29.3 Å². The number of likely N-dealkylation sites (N-methyl/N-ethyl adjacent to an activating group) is 1. The van der Waals surface area contributed by atoms with Gasteiger partial charge >= 0.3 is 5.97 Å². The number of nitrogen functional groups attached to an aromatic ring is 1. The lowest BCUT2D eigenvalue weighted by molar-refractivity contribution is 0.0525. The molecule has 0 aliphatic carbocycles. The minimum Gasteiger partial charge on any atom is -0.462 e. The van der Waals surface area contributed by atoms with Gasteiger partial charge in [-0.25, -0.2) is 4.79 Å². The van der Waals surface area contributed by atoms with E-state index in [2.05, 4.69) is 11.9 Å². The molecule has 0 aromatic carbocycles. The standard InChI is InChI=1S/C13H18N2O2S/c1-3-17-13(16)10-8-6-7-4-5-9(15(7)2)11(8)18-12(10)14/h7,9H,3-6,14H2,1-2H3/t7-,9-/m1/s1. The van der Waals surface area contributed by atoms with E-state index in [9.17, 15) is 4.79 Å². The molecule has 18 heavy (non-hydrogen) atoms. The van der Waals surface area contributed by atoms with Gasteiger partial charge in [0, 0.05) is 17.0 Å². The summed E-state index contributed by atoms with van der Waals surface area (Å²) in [6.45, 7) is 2.22. The van der Waals surface area contributed by atoms with Crippen molar-refractivity contribution in [3.63, 3.8) is 0 Å². The maximum Gasteiger partial charge on any atom is 0.341 e. The van der Waals surface area contributed by atoms with Crippen LogP contribution in [-0.4, -0.2) is 30.6 Å². The third kappa shape index (κ3) is 1.57. The second kappa shape index (κ2) is 4.24. The number of esters is 1. The molecule has 1 aromatic rings. The van der Waals surface area contributed by atoms with Crippen molar-refractivity contribution in [3.8, 4) is 0 Å². The van der Waals surface area contributed by atoms with Crippen LogP contribution in [0.5, 0.6) is 0 Å². The van der Waals surface area contributed by atoms with E-state index in [1.54, 1.807) is 11.3 Å². The summed E-state index contributed by atoms with van der Waals surface area (Å²) in [6.07, 6.45) is 3.32. The molecule has 0 saturated carbocycles. The van der Waals surface area contributed by atoms with Crippen molar-refractivity contribution >= 4 is 22.3 Å². The van der Waals surface area contributed by atoms with Gasteiger partial charge in [-0.2, -0.15) is 0 Å². The summed E-state index contributed by atoms with van der Waals surface area (Å²) < 4.78 is 5.13. The van der Waals surface area contributed by atoms with Crippen molar-refractivity contribution in [1.82, 2.24) is 4.90 Å². The summed E-state index contributed by atoms with van der Waals surface area (Å²) in [4.78, 5) is 15.7. The monoisotopic (exact) mass is 266 g/mol. The molecule has 0 unspecified atom stereocenters. The highest BCUT2D eigenvalue weighted by Gasteiger charge is 2.41. The van der Waals surface area contributed by atoms with E-state index in [1.165, 1.54) is 17.7 Å². The number of carbonyl (C=O) groups excluding carboxylic acids is 1. The van der Waals surface area contributed by atoms with Crippen molar-refractivity contribution in [1.29, 1.82) is 0 Å². The summed E-state index contributed by atoms with van der Waals surface area (Å²) in [5, 5.41) is 0.624. The van der Waals surface area contributed by atoms with E-state index in [-0.39, 0.29) is 5.97 Å². The number of hydrogen-bond donors (Lipinski definition) is 1. The summed E-state index contributed by atoms with van der Waals surface area (Å²) in [6, 6.07) is 1.01. The Morgan fingerprint density at radius 1 is 1.56 bits per heavy atom. The van der Waals surface area contributed by atoms with Crippen molar-refractivity contribution in [2.45, 2.75) is 38.3 Å². The van der Waals surface area contributed by atoms with Crippen molar-refractivity contribution in [2.75, 3.05) is 19.4 Å². The van der Waals surface area contributed by atoms with E-state index in [0.717, 1.165) is 12.0 Å². The van der Waals surface area contributed by atoms with Gasteiger partial charge in [-0.1, -0.05) is 0 Å². The smallest absolute Gasteiger partial charge is 0.341 e. The van der Waals surface area contributed by atoms with E-state index in [1.807, 2.05) is 6.92 Å². The van der Waals surface area contributed by atoms with Gasteiger partial charge in [-0.15, -0.1) is 11.3 Å². The van der Waals surface area contributed by atoms with Gasteiger partial charge in [0.15, 0.2) is 0 Å². The Hall–Kier alpha value is -1.07. The predicted molar refractivity (Wildman–Crippen MR) is 71.9 cm³/mol. The zero-order valence-electron chi connectivity index (χ0n) is 10.7. The van der Waals surface area contributed by atoms with Gasteiger partial charge in [-0.05, 0) is 38.8 Å². The molecular formula is C13H18N2O2S. The molecule has 5 heteroatoms. The van der Waals surface area contributed by atoms with Crippen LogP contribution in [0, 0.1) is 0 Å². The molecule has 1 fully saturated rings. The van der Waals surface area contributed by atoms with E-state index < -0.39 is 0 Å². The molecular weight excluding hydrogens is 248 g/mol. The highest BCUT2D eigenvalue weighted by molar-refractivity contribution is 7.16. The summed E-state index contributed by atoms with van der Waals surface area (Å²) in [7, 11) is 2.17. The molecule has 3 rings (SSSR count). The fourth-order valence-corrected chi connectivity index (χ4v) is 4.49. The SMILES string of the molecule is CCOC(=O)c1c(N)sc2c1C[C@H]1CC[C@H]2N1C. The average molecular weight is 266 g/mol. The molecule has 2 bridgehead atoms. The number of fused-ring (bicyclic) bond motifs is 4. The fraction of sp³-hybridized carbons (Fsp3) is 0.615. The van der Waals surface area contributed by atoms with Crippen LogP contribution in [0.2, 0.25) is 0 Å². The van der Waals surface area contributed by atoms with Crippen molar-refractivity contribution in [3.05, 3.63) is 16.0 Å². The fourth-order valence-electron chi connectivity index (χ4n) is 3.21. The highest BCUT2D eigenvalue weighted by atomic mass is 32.1. The Bertz CT molecular complexity index is 497. The summed E-state index contributed by atoms with van der Waals surface area (Å²) in [5.41, 5.74) is 7.82. The lowest BCUT2D eigenvalue weighted by Crippen LogP contribution is -2.33. The zero-order valence-corrected chi connectivity index (χ0v) is 11.5. The zero-order chi connectivity index (χ0) is 12.9. The number of carbonyl (C=O) groups is 1. The number of hydrogen-bond acceptors (Lipinski definition) is 5. The molecule has 1 saturated heterocycles. The maximum atomic E-state index is 12.0. The first-order valence-electron chi connectivity index (χ1n) is 6.43. The maximum absolute atomic E-state index is 12.0. The topological polar surface area (TPSA) is 55.6 Å². The molecule has 2 aliphatic rings. The van der Waals surface area contributed by atoms with Gasteiger partial charge in [0.2, 0.25) is 0 Å². The normalized spacial score (nSPS) is 26.1. The summed E-state index contributed by atoms with van der Waals surface area (Å²) >= 11 is 1.57. The molecule has 2 aliphatic heterocycles. The third-order valence-corrected chi connectivity index (χ3v) is 5.29. The minimum atomic E-state index is -0.253. The van der Waals surface area contributed by atoms with E-state index in [4.69, 9.17) is 10.5 Å². The molecule has 2 N–H and O–H groups in total. The van der Waals surface area contributed by atoms with Crippen LogP contribution in [0.3, 0.4) is 0 Å². The van der Waals surface area contributed by atoms with Crippen LogP contribution < -0.4 is 5.73 Å². The van der Waals surface area contributed by atoms with Crippen LogP contribution in [0.15, 0.2) is 0 Å². The second-order valence-electron chi connectivity index (χ2n) is 5.02. The number of nitrogens with zero attached hydrogens (tertiary/aromatic N) is 1. The Morgan fingerprint density at radius 3 is 3.06 bits per heavy atom. The van der Waals surface area contributed by atoms with Gasteiger partial charge < -0.3 is 10.5 Å². The van der Waals surface area contributed by atoms with Gasteiger partial charge in [-0.3, -0.25) is 4.90 Å². The van der Waals surface area contributed by atoms with Crippen molar-refractivity contribution < 1.29 is 9.53 Å². The van der Waals surface area contributed by atoms with Gasteiger partial charge in [0.05, 0.1) is 12.2 Å². The number of thiophene rings is 1. The number of nitrogens with two attached hydrogens (primary N) is 1. The lowest BCUT2D eigenvalue weighted by atomic mass is 9.97. The number of ether oxygens (including phenoxy) is 1. The van der Waals surface area contributed by atoms with E-state index >= 15 is 0 Å². The quantitative estimate of drug-likeness (QED) is 0.834. The van der Waals surface area contributed by atoms with Crippen molar-refractivity contribution in [2.24, 2.45) is 0 Å². The first kappa shape index (κ1) is 12.0. The number of rotatable bonds is 2. The molecule has 2 atom stereocenters. The first-order valence-corrected chi connectivity index (χ1v) is 7.25. The van der Waals surface area contributed by atoms with Gasteiger partial charge in [0.25, 0.3) is 0 Å². The Morgan fingerprint density at radius 2 is 2.33 bits per heavy atom. The average Bonchev–Trinajstić information content (AvgIpc) is 2.76. The molecule has 98 valence electrons. The Balaban J connectivity index is 2.04. The van der Waals surface area contributed by atoms with Crippen LogP contribution in [-0.2, 0) is 11.2 Å². The third-order valence-electron chi connectivity index (χ3n) is 4.13.